The second-order valence-electron chi connectivity index (χ2n) is 9.06. The first-order valence-electron chi connectivity index (χ1n) is 11.7. The minimum Gasteiger partial charge on any atom is -0.317 e. The number of piperidine rings is 2. The fraction of sp³-hybridized carbons (Fsp3) is 0.500. The molecule has 2 fully saturated rings. The highest BCUT2D eigenvalue weighted by molar-refractivity contribution is 6.30. The minimum absolute atomic E-state index is 0.140. The molecule has 4 nitrogen and oxygen atoms in total. The van der Waals surface area contributed by atoms with Crippen LogP contribution in [0.4, 0.5) is 0 Å². The Balaban J connectivity index is 1.22. The maximum atomic E-state index is 12.7. The Morgan fingerprint density at radius 1 is 1.03 bits per heavy atom. The van der Waals surface area contributed by atoms with Crippen LogP contribution in [0.3, 0.4) is 0 Å². The third-order valence-corrected chi connectivity index (χ3v) is 7.35. The van der Waals surface area contributed by atoms with Crippen molar-refractivity contribution in [3.63, 3.8) is 0 Å². The van der Waals surface area contributed by atoms with E-state index in [-0.39, 0.29) is 17.1 Å². The van der Waals surface area contributed by atoms with Gasteiger partial charge in [-0.25, -0.2) is 0 Å². The highest BCUT2D eigenvalue weighted by Gasteiger charge is 2.33. The van der Waals surface area contributed by atoms with E-state index in [2.05, 4.69) is 45.9 Å². The number of Topliss-reactive ketones (excluding diaryl/α,β-unsaturated/α-hetero) is 1. The summed E-state index contributed by atoms with van der Waals surface area (Å²) in [4.78, 5) is 15.2. The normalized spacial score (nSPS) is 19.9. The molecule has 0 amide bonds. The zero-order valence-corrected chi connectivity index (χ0v) is 19.0. The summed E-state index contributed by atoms with van der Waals surface area (Å²) in [5.41, 5.74) is 2.49. The van der Waals surface area contributed by atoms with Crippen LogP contribution in [0, 0.1) is 5.92 Å². The van der Waals surface area contributed by atoms with Gasteiger partial charge in [-0.2, -0.15) is 0 Å². The fourth-order valence-corrected chi connectivity index (χ4v) is 5.22. The van der Waals surface area contributed by atoms with E-state index >= 15 is 0 Å². The number of hydrogen-bond donors (Lipinski definition) is 2. The van der Waals surface area contributed by atoms with Crippen LogP contribution in [0.5, 0.6) is 0 Å². The molecule has 0 atom stereocenters. The number of hydrogen-bond acceptors (Lipinski definition) is 4. The molecule has 2 N–H and O–H groups in total. The zero-order valence-electron chi connectivity index (χ0n) is 18.3. The average Bonchev–Trinajstić information content (AvgIpc) is 2.83. The lowest BCUT2D eigenvalue weighted by Crippen LogP contribution is -2.48. The van der Waals surface area contributed by atoms with Gasteiger partial charge in [0.15, 0.2) is 5.78 Å². The van der Waals surface area contributed by atoms with Crippen LogP contribution in [-0.2, 0) is 5.41 Å². The van der Waals surface area contributed by atoms with Crippen LogP contribution in [0.2, 0.25) is 5.02 Å². The van der Waals surface area contributed by atoms with Gasteiger partial charge in [0.25, 0.3) is 0 Å². The summed E-state index contributed by atoms with van der Waals surface area (Å²) in [6.07, 6.45) is 4.26. The molecular weight excluding hydrogens is 406 g/mol. The molecule has 0 radical (unpaired) electrons. The first kappa shape index (κ1) is 22.5. The van der Waals surface area contributed by atoms with Gasteiger partial charge >= 0.3 is 0 Å². The number of rotatable bonds is 8. The van der Waals surface area contributed by atoms with E-state index in [0.29, 0.717) is 5.02 Å². The number of likely N-dealkylation sites (tertiary alicyclic amines) is 1. The largest absolute Gasteiger partial charge is 0.317 e. The fourth-order valence-electron chi connectivity index (χ4n) is 5.10. The number of benzene rings is 2. The molecule has 31 heavy (non-hydrogen) atoms. The quantitative estimate of drug-likeness (QED) is 0.479. The van der Waals surface area contributed by atoms with Gasteiger partial charge in [0.05, 0.1) is 0 Å². The Kier molecular flexibility index (Phi) is 7.78. The number of nitrogens with zero attached hydrogens (tertiary/aromatic N) is 1. The van der Waals surface area contributed by atoms with E-state index < -0.39 is 0 Å². The Hall–Kier alpha value is -1.72. The van der Waals surface area contributed by atoms with E-state index in [1.54, 1.807) is 12.1 Å². The van der Waals surface area contributed by atoms with Crippen LogP contribution >= 0.6 is 11.6 Å². The lowest BCUT2D eigenvalue weighted by molar-refractivity contribution is 0.0840. The number of halogens is 1. The summed E-state index contributed by atoms with van der Waals surface area (Å²) in [6.45, 7) is 7.25. The van der Waals surface area contributed by atoms with Crippen molar-refractivity contribution in [2.75, 3.05) is 45.8 Å². The number of carbonyl (C=O) groups excluding carboxylic acids is 1. The molecule has 2 aliphatic heterocycles. The van der Waals surface area contributed by atoms with Crippen LogP contribution in [-0.4, -0.2) is 56.5 Å². The zero-order chi connectivity index (χ0) is 21.5. The number of nitrogens with one attached hydrogen (secondary N) is 2. The SMILES string of the molecule is O=C(c1ccc(Cl)cc1)C1CCN(CCNCC2(c3ccccc3)CCNCC2)CC1. The van der Waals surface area contributed by atoms with Gasteiger partial charge in [0.2, 0.25) is 0 Å². The van der Waals surface area contributed by atoms with Gasteiger partial charge in [-0.15, -0.1) is 0 Å². The van der Waals surface area contributed by atoms with Crippen LogP contribution in [0.25, 0.3) is 0 Å². The number of ketones is 1. The second-order valence-corrected chi connectivity index (χ2v) is 9.50. The lowest BCUT2D eigenvalue weighted by Gasteiger charge is -2.39. The van der Waals surface area contributed by atoms with Crippen molar-refractivity contribution in [2.24, 2.45) is 5.92 Å². The molecule has 166 valence electrons. The van der Waals surface area contributed by atoms with Crippen molar-refractivity contribution in [1.29, 1.82) is 0 Å². The third-order valence-electron chi connectivity index (χ3n) is 7.10. The maximum absolute atomic E-state index is 12.7. The van der Waals surface area contributed by atoms with E-state index in [9.17, 15) is 4.79 Å². The summed E-state index contributed by atoms with van der Waals surface area (Å²) in [5.74, 6) is 0.409. The molecule has 2 aromatic carbocycles. The molecule has 2 saturated heterocycles. The van der Waals surface area contributed by atoms with Crippen LogP contribution in [0.1, 0.15) is 41.6 Å². The minimum atomic E-state index is 0.140. The van der Waals surface area contributed by atoms with E-state index in [1.165, 1.54) is 18.4 Å². The van der Waals surface area contributed by atoms with Crippen LogP contribution in [0.15, 0.2) is 54.6 Å². The van der Waals surface area contributed by atoms with Crippen molar-refractivity contribution in [2.45, 2.75) is 31.1 Å². The summed E-state index contributed by atoms with van der Waals surface area (Å²) in [6, 6.07) is 18.3. The topological polar surface area (TPSA) is 44.4 Å². The van der Waals surface area contributed by atoms with Gasteiger partial charge in [0.1, 0.15) is 0 Å². The highest BCUT2D eigenvalue weighted by atomic mass is 35.5. The second kappa shape index (κ2) is 10.7. The molecule has 2 aromatic rings. The Bertz CT molecular complexity index is 825. The van der Waals surface area contributed by atoms with Crippen molar-refractivity contribution >= 4 is 17.4 Å². The van der Waals surface area contributed by atoms with Gasteiger partial charge in [0, 0.05) is 41.6 Å². The predicted molar refractivity (Wildman–Crippen MR) is 128 cm³/mol. The van der Waals surface area contributed by atoms with Crippen molar-refractivity contribution in [3.05, 3.63) is 70.7 Å². The summed E-state index contributed by atoms with van der Waals surface area (Å²) < 4.78 is 0. The Morgan fingerprint density at radius 3 is 2.39 bits per heavy atom. The van der Waals surface area contributed by atoms with E-state index in [4.69, 9.17) is 11.6 Å². The predicted octanol–water partition coefficient (Wildman–Crippen LogP) is 4.15. The molecule has 0 unspecified atom stereocenters. The molecular formula is C26H34ClN3O. The standard InChI is InChI=1S/C26H34ClN3O/c27-24-8-6-21(7-9-24)25(31)22-10-17-30(18-11-22)19-16-29-20-26(12-14-28-15-13-26)23-4-2-1-3-5-23/h1-9,22,28-29H,10-20H2. The summed E-state index contributed by atoms with van der Waals surface area (Å²) >= 11 is 5.95. The first-order valence-corrected chi connectivity index (χ1v) is 12.0. The first-order chi connectivity index (χ1) is 15.2. The maximum Gasteiger partial charge on any atom is 0.166 e. The average molecular weight is 440 g/mol. The summed E-state index contributed by atoms with van der Waals surface area (Å²) in [5, 5.41) is 7.95. The lowest BCUT2D eigenvalue weighted by atomic mass is 9.73. The molecule has 0 spiro atoms. The molecule has 0 saturated carbocycles. The van der Waals surface area contributed by atoms with Gasteiger partial charge in [-0.3, -0.25) is 4.79 Å². The van der Waals surface area contributed by atoms with Crippen molar-refractivity contribution < 1.29 is 4.79 Å². The van der Waals surface area contributed by atoms with Gasteiger partial charge in [-0.1, -0.05) is 41.9 Å². The Morgan fingerprint density at radius 2 is 1.71 bits per heavy atom. The summed E-state index contributed by atoms with van der Waals surface area (Å²) in [7, 11) is 0. The molecule has 0 aliphatic carbocycles. The van der Waals surface area contributed by atoms with E-state index in [0.717, 1.165) is 64.2 Å². The molecule has 5 heteroatoms. The molecule has 2 heterocycles. The van der Waals surface area contributed by atoms with E-state index in [1.807, 2.05) is 12.1 Å². The van der Waals surface area contributed by atoms with Gasteiger partial charge in [-0.05, 0) is 81.7 Å². The van der Waals surface area contributed by atoms with Crippen molar-refractivity contribution in [3.8, 4) is 0 Å². The molecule has 4 rings (SSSR count). The van der Waals surface area contributed by atoms with Gasteiger partial charge < -0.3 is 15.5 Å². The smallest absolute Gasteiger partial charge is 0.166 e. The Labute approximate surface area is 191 Å². The van der Waals surface area contributed by atoms with Crippen LogP contribution < -0.4 is 10.6 Å². The number of carbonyl (C=O) groups is 1. The monoisotopic (exact) mass is 439 g/mol. The third kappa shape index (κ3) is 5.75. The van der Waals surface area contributed by atoms with Crippen molar-refractivity contribution in [1.82, 2.24) is 15.5 Å². The molecule has 0 aromatic heterocycles. The molecule has 0 bridgehead atoms. The highest BCUT2D eigenvalue weighted by Crippen LogP contribution is 2.32. The molecule has 2 aliphatic rings.